The summed E-state index contributed by atoms with van der Waals surface area (Å²) in [5.74, 6) is 2.51. The number of rotatable bonds is 6. The van der Waals surface area contributed by atoms with E-state index < -0.39 is 0 Å². The molecular formula is C20H25NO4. The van der Waals surface area contributed by atoms with Gasteiger partial charge in [0.1, 0.15) is 17.3 Å². The van der Waals surface area contributed by atoms with Crippen LogP contribution in [-0.2, 0) is 11.3 Å². The Labute approximate surface area is 148 Å². The van der Waals surface area contributed by atoms with Crippen LogP contribution in [0.1, 0.15) is 39.4 Å². The molecule has 0 aliphatic carbocycles. The summed E-state index contributed by atoms with van der Waals surface area (Å²) in [6, 6.07) is 7.81. The minimum Gasteiger partial charge on any atom is -0.493 e. The van der Waals surface area contributed by atoms with Crippen molar-refractivity contribution in [1.29, 1.82) is 0 Å². The minimum absolute atomic E-state index is 0.134. The van der Waals surface area contributed by atoms with Crippen LogP contribution in [0.2, 0.25) is 0 Å². The molecule has 5 heteroatoms. The van der Waals surface area contributed by atoms with Crippen molar-refractivity contribution in [3.05, 3.63) is 52.5 Å². The van der Waals surface area contributed by atoms with Gasteiger partial charge in [0, 0.05) is 24.6 Å². The van der Waals surface area contributed by atoms with E-state index in [9.17, 15) is 4.79 Å². The second kappa shape index (κ2) is 7.74. The van der Waals surface area contributed by atoms with Crippen LogP contribution >= 0.6 is 0 Å². The standard InChI is InChI=1S/C20H25NO4/c1-13-4-5-17(19(8-13)24-12-16-6-7-23-11-16)10-21-20(22)18-9-14(2)25-15(18)3/h4-5,8-9,16H,6-7,10-12H2,1-3H3,(H,21,22)/t16-/m0/s1. The largest absolute Gasteiger partial charge is 0.493 e. The highest BCUT2D eigenvalue weighted by Gasteiger charge is 2.18. The molecule has 1 saturated heterocycles. The lowest BCUT2D eigenvalue weighted by atomic mass is 10.1. The maximum Gasteiger partial charge on any atom is 0.255 e. The molecule has 3 rings (SSSR count). The predicted molar refractivity (Wildman–Crippen MR) is 95.0 cm³/mol. The second-order valence-electron chi connectivity index (χ2n) is 6.66. The molecular weight excluding hydrogens is 318 g/mol. The van der Waals surface area contributed by atoms with E-state index in [-0.39, 0.29) is 5.91 Å². The van der Waals surface area contributed by atoms with Crippen LogP contribution in [0.15, 0.2) is 28.7 Å². The number of carbonyl (C=O) groups is 1. The van der Waals surface area contributed by atoms with E-state index in [1.807, 2.05) is 32.0 Å². The van der Waals surface area contributed by atoms with Gasteiger partial charge in [-0.25, -0.2) is 0 Å². The van der Waals surface area contributed by atoms with Crippen molar-refractivity contribution in [2.45, 2.75) is 33.7 Å². The first-order valence-electron chi connectivity index (χ1n) is 8.68. The third-order valence-corrected chi connectivity index (χ3v) is 4.45. The van der Waals surface area contributed by atoms with Gasteiger partial charge in [0.2, 0.25) is 0 Å². The zero-order valence-electron chi connectivity index (χ0n) is 15.1. The summed E-state index contributed by atoms with van der Waals surface area (Å²) in [7, 11) is 0. The Morgan fingerprint density at radius 1 is 1.28 bits per heavy atom. The van der Waals surface area contributed by atoms with Gasteiger partial charge in [0.05, 0.1) is 18.8 Å². The van der Waals surface area contributed by atoms with Gasteiger partial charge in [0.15, 0.2) is 0 Å². The Hall–Kier alpha value is -2.27. The van der Waals surface area contributed by atoms with Crippen LogP contribution in [0, 0.1) is 26.7 Å². The molecule has 1 N–H and O–H groups in total. The van der Waals surface area contributed by atoms with Crippen LogP contribution in [0.4, 0.5) is 0 Å². The zero-order valence-corrected chi connectivity index (χ0v) is 15.1. The van der Waals surface area contributed by atoms with Crippen molar-refractivity contribution in [2.24, 2.45) is 5.92 Å². The minimum atomic E-state index is -0.134. The van der Waals surface area contributed by atoms with Gasteiger partial charge >= 0.3 is 0 Å². The molecule has 0 radical (unpaired) electrons. The van der Waals surface area contributed by atoms with Crippen molar-refractivity contribution in [3.63, 3.8) is 0 Å². The first-order chi connectivity index (χ1) is 12.0. The summed E-state index contributed by atoms with van der Waals surface area (Å²) in [5.41, 5.74) is 2.68. The Morgan fingerprint density at radius 2 is 2.12 bits per heavy atom. The Balaban J connectivity index is 1.64. The lowest BCUT2D eigenvalue weighted by Gasteiger charge is -2.15. The fourth-order valence-electron chi connectivity index (χ4n) is 2.99. The Kier molecular flexibility index (Phi) is 5.43. The van der Waals surface area contributed by atoms with Crippen LogP contribution in [0.25, 0.3) is 0 Å². The number of amides is 1. The zero-order chi connectivity index (χ0) is 17.8. The van der Waals surface area contributed by atoms with Crippen LogP contribution < -0.4 is 10.1 Å². The number of furan rings is 1. The number of hydrogen-bond donors (Lipinski definition) is 1. The van der Waals surface area contributed by atoms with E-state index in [0.717, 1.165) is 42.3 Å². The Bertz CT molecular complexity index is 744. The first kappa shape index (κ1) is 17.5. The molecule has 0 saturated carbocycles. The van der Waals surface area contributed by atoms with Crippen LogP contribution in [0.3, 0.4) is 0 Å². The summed E-state index contributed by atoms with van der Waals surface area (Å²) in [6.45, 7) is 8.30. The predicted octanol–water partition coefficient (Wildman–Crippen LogP) is 3.55. The van der Waals surface area contributed by atoms with Gasteiger partial charge in [-0.3, -0.25) is 4.79 Å². The molecule has 0 unspecified atom stereocenters. The molecule has 1 aromatic heterocycles. The fourth-order valence-corrected chi connectivity index (χ4v) is 2.99. The fraction of sp³-hybridized carbons (Fsp3) is 0.450. The topological polar surface area (TPSA) is 60.7 Å². The molecule has 2 heterocycles. The van der Waals surface area contributed by atoms with E-state index in [4.69, 9.17) is 13.9 Å². The van der Waals surface area contributed by atoms with E-state index in [0.29, 0.717) is 30.4 Å². The maximum atomic E-state index is 12.4. The van der Waals surface area contributed by atoms with Gasteiger partial charge in [-0.1, -0.05) is 12.1 Å². The summed E-state index contributed by atoms with van der Waals surface area (Å²) >= 11 is 0. The summed E-state index contributed by atoms with van der Waals surface area (Å²) in [4.78, 5) is 12.4. The molecule has 1 aromatic carbocycles. The van der Waals surface area contributed by atoms with E-state index in [1.54, 1.807) is 13.0 Å². The molecule has 2 aromatic rings. The van der Waals surface area contributed by atoms with Gasteiger partial charge in [-0.05, 0) is 44.9 Å². The van der Waals surface area contributed by atoms with E-state index in [2.05, 4.69) is 5.32 Å². The Morgan fingerprint density at radius 3 is 2.80 bits per heavy atom. The SMILES string of the molecule is Cc1ccc(CNC(=O)c2cc(C)oc2C)c(OC[C@H]2CCOC2)c1. The van der Waals surface area contributed by atoms with Gasteiger partial charge in [0.25, 0.3) is 5.91 Å². The molecule has 25 heavy (non-hydrogen) atoms. The van der Waals surface area contributed by atoms with Crippen LogP contribution in [0.5, 0.6) is 5.75 Å². The molecule has 1 aliphatic heterocycles. The molecule has 1 atom stereocenters. The average molecular weight is 343 g/mol. The van der Waals surface area contributed by atoms with Gasteiger partial charge in [-0.15, -0.1) is 0 Å². The lowest BCUT2D eigenvalue weighted by molar-refractivity contribution is 0.0949. The summed E-state index contributed by atoms with van der Waals surface area (Å²) in [6.07, 6.45) is 1.04. The van der Waals surface area contributed by atoms with Crippen molar-refractivity contribution >= 4 is 5.91 Å². The quantitative estimate of drug-likeness (QED) is 0.871. The van der Waals surface area contributed by atoms with Crippen molar-refractivity contribution < 1.29 is 18.7 Å². The molecule has 1 fully saturated rings. The molecule has 1 amide bonds. The molecule has 5 nitrogen and oxygen atoms in total. The van der Waals surface area contributed by atoms with E-state index >= 15 is 0 Å². The number of aryl methyl sites for hydroxylation is 3. The third kappa shape index (κ3) is 4.42. The molecule has 0 bridgehead atoms. The monoisotopic (exact) mass is 343 g/mol. The highest BCUT2D eigenvalue weighted by atomic mass is 16.5. The van der Waals surface area contributed by atoms with Gasteiger partial charge in [-0.2, -0.15) is 0 Å². The van der Waals surface area contributed by atoms with Gasteiger partial charge < -0.3 is 19.2 Å². The van der Waals surface area contributed by atoms with Crippen molar-refractivity contribution in [3.8, 4) is 5.75 Å². The van der Waals surface area contributed by atoms with Crippen molar-refractivity contribution in [1.82, 2.24) is 5.32 Å². The third-order valence-electron chi connectivity index (χ3n) is 4.45. The smallest absolute Gasteiger partial charge is 0.255 e. The normalized spacial score (nSPS) is 16.8. The average Bonchev–Trinajstić information content (AvgIpc) is 3.21. The number of carbonyl (C=O) groups excluding carboxylic acids is 1. The highest BCUT2D eigenvalue weighted by Crippen LogP contribution is 2.23. The number of nitrogens with one attached hydrogen (secondary N) is 1. The molecule has 0 spiro atoms. The summed E-state index contributed by atoms with van der Waals surface area (Å²) < 4.78 is 16.8. The molecule has 134 valence electrons. The number of hydrogen-bond acceptors (Lipinski definition) is 4. The lowest BCUT2D eigenvalue weighted by Crippen LogP contribution is -2.23. The van der Waals surface area contributed by atoms with Crippen molar-refractivity contribution in [2.75, 3.05) is 19.8 Å². The number of ether oxygens (including phenoxy) is 2. The second-order valence-corrected chi connectivity index (χ2v) is 6.66. The van der Waals surface area contributed by atoms with E-state index in [1.165, 1.54) is 0 Å². The number of benzene rings is 1. The first-order valence-corrected chi connectivity index (χ1v) is 8.68. The molecule has 1 aliphatic rings. The maximum absolute atomic E-state index is 12.4. The highest BCUT2D eigenvalue weighted by molar-refractivity contribution is 5.95. The summed E-state index contributed by atoms with van der Waals surface area (Å²) in [5, 5.41) is 2.95. The van der Waals surface area contributed by atoms with Crippen LogP contribution in [-0.4, -0.2) is 25.7 Å².